The Bertz CT molecular complexity index is 968. The summed E-state index contributed by atoms with van der Waals surface area (Å²) < 4.78 is 11.3. The highest BCUT2D eigenvalue weighted by molar-refractivity contribution is 6.05. The van der Waals surface area contributed by atoms with Gasteiger partial charge in [0.25, 0.3) is 5.91 Å². The van der Waals surface area contributed by atoms with Crippen LogP contribution >= 0.6 is 0 Å². The van der Waals surface area contributed by atoms with Crippen LogP contribution in [0.2, 0.25) is 0 Å². The molecule has 1 aromatic heterocycles. The number of ether oxygens (including phenoxy) is 2. The molecule has 0 radical (unpaired) electrons. The van der Waals surface area contributed by atoms with E-state index in [-0.39, 0.29) is 5.91 Å². The van der Waals surface area contributed by atoms with Crippen molar-refractivity contribution in [1.82, 2.24) is 4.98 Å². The van der Waals surface area contributed by atoms with Gasteiger partial charge in [0.1, 0.15) is 17.2 Å². The second kappa shape index (κ2) is 9.73. The normalized spacial score (nSPS) is 10.4. The molecular weight excluding hydrogens is 364 g/mol. The van der Waals surface area contributed by atoms with Gasteiger partial charge in [-0.3, -0.25) is 9.78 Å². The molecule has 1 amide bonds. The number of nitrogens with zero attached hydrogens (tertiary/aromatic N) is 1. The van der Waals surface area contributed by atoms with Crippen LogP contribution in [0.15, 0.2) is 60.7 Å². The van der Waals surface area contributed by atoms with E-state index in [1.807, 2.05) is 68.4 Å². The fourth-order valence-electron chi connectivity index (χ4n) is 2.99. The van der Waals surface area contributed by atoms with Gasteiger partial charge in [0.15, 0.2) is 0 Å². The molecule has 0 fully saturated rings. The molecule has 0 spiro atoms. The SMILES string of the molecule is CCCc1ccc(C(=O)Nc2cccc(Oc3ccc(OCC)cc3)c2)c(C)n1. The van der Waals surface area contributed by atoms with E-state index in [9.17, 15) is 4.79 Å². The van der Waals surface area contributed by atoms with Gasteiger partial charge in [-0.25, -0.2) is 0 Å². The van der Waals surface area contributed by atoms with Crippen LogP contribution in [0.1, 0.15) is 42.0 Å². The number of hydrogen-bond donors (Lipinski definition) is 1. The number of carbonyl (C=O) groups is 1. The molecule has 0 saturated heterocycles. The van der Waals surface area contributed by atoms with Crippen molar-refractivity contribution in [1.29, 1.82) is 0 Å². The first-order valence-electron chi connectivity index (χ1n) is 9.87. The lowest BCUT2D eigenvalue weighted by Crippen LogP contribution is -2.14. The molecule has 5 heteroatoms. The number of benzene rings is 2. The van der Waals surface area contributed by atoms with E-state index in [1.54, 1.807) is 6.07 Å². The molecule has 3 aromatic rings. The summed E-state index contributed by atoms with van der Waals surface area (Å²) in [6.07, 6.45) is 1.94. The molecule has 2 aromatic carbocycles. The van der Waals surface area contributed by atoms with E-state index in [2.05, 4.69) is 17.2 Å². The molecule has 29 heavy (non-hydrogen) atoms. The predicted octanol–water partition coefficient (Wildman–Crippen LogP) is 5.79. The molecule has 0 saturated carbocycles. The summed E-state index contributed by atoms with van der Waals surface area (Å²) in [5.41, 5.74) is 2.97. The van der Waals surface area contributed by atoms with E-state index < -0.39 is 0 Å². The highest BCUT2D eigenvalue weighted by atomic mass is 16.5. The number of aromatic nitrogens is 1. The Hall–Kier alpha value is -3.34. The van der Waals surface area contributed by atoms with Crippen LogP contribution in [0, 0.1) is 6.92 Å². The second-order valence-electron chi connectivity index (χ2n) is 6.67. The zero-order chi connectivity index (χ0) is 20.6. The Kier molecular flexibility index (Phi) is 6.85. The Labute approximate surface area is 171 Å². The van der Waals surface area contributed by atoms with E-state index >= 15 is 0 Å². The summed E-state index contributed by atoms with van der Waals surface area (Å²) in [7, 11) is 0. The highest BCUT2D eigenvalue weighted by Crippen LogP contribution is 2.26. The molecule has 0 aliphatic rings. The molecule has 1 N–H and O–H groups in total. The third kappa shape index (κ3) is 5.57. The third-order valence-corrected chi connectivity index (χ3v) is 4.36. The largest absolute Gasteiger partial charge is 0.494 e. The quantitative estimate of drug-likeness (QED) is 0.529. The minimum atomic E-state index is -0.184. The van der Waals surface area contributed by atoms with Gasteiger partial charge < -0.3 is 14.8 Å². The minimum Gasteiger partial charge on any atom is -0.494 e. The fraction of sp³-hybridized carbons (Fsp3) is 0.250. The molecule has 150 valence electrons. The van der Waals surface area contributed by atoms with Crippen LogP contribution < -0.4 is 14.8 Å². The average Bonchev–Trinajstić information content (AvgIpc) is 2.70. The topological polar surface area (TPSA) is 60.5 Å². The van der Waals surface area contributed by atoms with Gasteiger partial charge >= 0.3 is 0 Å². The lowest BCUT2D eigenvalue weighted by atomic mass is 10.1. The van der Waals surface area contributed by atoms with E-state index in [4.69, 9.17) is 9.47 Å². The van der Waals surface area contributed by atoms with E-state index in [0.717, 1.165) is 30.0 Å². The number of hydrogen-bond acceptors (Lipinski definition) is 4. The molecule has 0 aliphatic heterocycles. The van der Waals surface area contributed by atoms with E-state index in [0.29, 0.717) is 29.4 Å². The van der Waals surface area contributed by atoms with E-state index in [1.165, 1.54) is 0 Å². The number of amides is 1. The third-order valence-electron chi connectivity index (χ3n) is 4.36. The van der Waals surface area contributed by atoms with Crippen LogP contribution in [-0.2, 0) is 6.42 Å². The number of carbonyl (C=O) groups excluding carboxylic acids is 1. The molecule has 0 bridgehead atoms. The van der Waals surface area contributed by atoms with Gasteiger partial charge in [-0.1, -0.05) is 19.4 Å². The molecule has 0 atom stereocenters. The first kappa shape index (κ1) is 20.4. The zero-order valence-electron chi connectivity index (χ0n) is 17.1. The van der Waals surface area contributed by atoms with Gasteiger partial charge in [-0.05, 0) is 68.8 Å². The zero-order valence-corrected chi connectivity index (χ0v) is 17.1. The Morgan fingerprint density at radius 1 is 0.966 bits per heavy atom. The van der Waals surface area contributed by atoms with Crippen LogP contribution in [0.25, 0.3) is 0 Å². The molecule has 5 nitrogen and oxygen atoms in total. The second-order valence-corrected chi connectivity index (χ2v) is 6.67. The van der Waals surface area contributed by atoms with Crippen LogP contribution in [0.3, 0.4) is 0 Å². The van der Waals surface area contributed by atoms with Crippen molar-refractivity contribution in [2.75, 3.05) is 11.9 Å². The van der Waals surface area contributed by atoms with Gasteiger partial charge in [0, 0.05) is 17.4 Å². The Morgan fingerprint density at radius 2 is 1.72 bits per heavy atom. The van der Waals surface area contributed by atoms with Gasteiger partial charge in [-0.2, -0.15) is 0 Å². The lowest BCUT2D eigenvalue weighted by Gasteiger charge is -2.11. The summed E-state index contributed by atoms with van der Waals surface area (Å²) in [6, 6.07) is 18.5. The van der Waals surface area contributed by atoms with Crippen molar-refractivity contribution in [3.8, 4) is 17.2 Å². The molecule has 0 aliphatic carbocycles. The number of anilines is 1. The number of rotatable bonds is 8. The molecule has 3 rings (SSSR count). The van der Waals surface area contributed by atoms with Gasteiger partial charge in [0.05, 0.1) is 17.9 Å². The predicted molar refractivity (Wildman–Crippen MR) is 115 cm³/mol. The van der Waals surface area contributed by atoms with Crippen molar-refractivity contribution in [3.63, 3.8) is 0 Å². The summed E-state index contributed by atoms with van der Waals surface area (Å²) in [5.74, 6) is 1.95. The minimum absolute atomic E-state index is 0.184. The Balaban J connectivity index is 1.68. The number of aryl methyl sites for hydroxylation is 2. The summed E-state index contributed by atoms with van der Waals surface area (Å²) >= 11 is 0. The average molecular weight is 390 g/mol. The van der Waals surface area contributed by atoms with Crippen LogP contribution in [-0.4, -0.2) is 17.5 Å². The number of pyridine rings is 1. The maximum Gasteiger partial charge on any atom is 0.257 e. The van der Waals surface area contributed by atoms with Crippen LogP contribution in [0.5, 0.6) is 17.2 Å². The summed E-state index contributed by atoms with van der Waals surface area (Å²) in [6.45, 7) is 6.54. The Morgan fingerprint density at radius 3 is 2.41 bits per heavy atom. The monoisotopic (exact) mass is 390 g/mol. The summed E-state index contributed by atoms with van der Waals surface area (Å²) in [5, 5.41) is 2.92. The molecule has 1 heterocycles. The van der Waals surface area contributed by atoms with Gasteiger partial charge in [-0.15, -0.1) is 0 Å². The fourth-order valence-corrected chi connectivity index (χ4v) is 2.99. The van der Waals surface area contributed by atoms with Crippen LogP contribution in [0.4, 0.5) is 5.69 Å². The van der Waals surface area contributed by atoms with Crippen molar-refractivity contribution in [3.05, 3.63) is 77.6 Å². The first-order valence-corrected chi connectivity index (χ1v) is 9.87. The smallest absolute Gasteiger partial charge is 0.257 e. The maximum absolute atomic E-state index is 12.7. The summed E-state index contributed by atoms with van der Waals surface area (Å²) in [4.78, 5) is 17.2. The number of nitrogens with one attached hydrogen (secondary N) is 1. The van der Waals surface area contributed by atoms with Crippen molar-refractivity contribution < 1.29 is 14.3 Å². The van der Waals surface area contributed by atoms with Crippen molar-refractivity contribution >= 4 is 11.6 Å². The lowest BCUT2D eigenvalue weighted by molar-refractivity contribution is 0.102. The van der Waals surface area contributed by atoms with Crippen molar-refractivity contribution in [2.45, 2.75) is 33.6 Å². The van der Waals surface area contributed by atoms with Gasteiger partial charge in [0.2, 0.25) is 0 Å². The first-order chi connectivity index (χ1) is 14.1. The highest BCUT2D eigenvalue weighted by Gasteiger charge is 2.11. The molecule has 0 unspecified atom stereocenters. The molecular formula is C24H26N2O3. The maximum atomic E-state index is 12.7. The van der Waals surface area contributed by atoms with Crippen molar-refractivity contribution in [2.24, 2.45) is 0 Å². The standard InChI is InChI=1S/C24H26N2O3/c1-4-7-18-10-15-23(17(3)25-18)24(27)26-19-8-6-9-22(16-19)29-21-13-11-20(12-14-21)28-5-2/h6,8-16H,4-5,7H2,1-3H3,(H,26,27).